The van der Waals surface area contributed by atoms with Gasteiger partial charge in [0.1, 0.15) is 6.04 Å². The summed E-state index contributed by atoms with van der Waals surface area (Å²) in [6, 6.07) is -0.977. The lowest BCUT2D eigenvalue weighted by Crippen LogP contribution is -2.43. The molecular weight excluding hydrogens is 220 g/mol. The van der Waals surface area contributed by atoms with Gasteiger partial charge in [-0.1, -0.05) is 0 Å². The molecule has 0 heterocycles. The van der Waals surface area contributed by atoms with Crippen molar-refractivity contribution in [1.82, 2.24) is 5.32 Å². The Morgan fingerprint density at radius 3 is 2.31 bits per heavy atom. The lowest BCUT2D eigenvalue weighted by Gasteiger charge is -2.27. The fourth-order valence-electron chi connectivity index (χ4n) is 1.70. The van der Waals surface area contributed by atoms with E-state index < -0.39 is 29.8 Å². The van der Waals surface area contributed by atoms with Crippen molar-refractivity contribution in [1.29, 1.82) is 0 Å². The molecular formula is C10H15F2NO3. The lowest BCUT2D eigenvalue weighted by molar-refractivity contribution is -0.142. The molecule has 1 saturated carbocycles. The van der Waals surface area contributed by atoms with Gasteiger partial charge in [0.15, 0.2) is 0 Å². The number of nitrogens with one attached hydrogen (secondary N) is 1. The SMILES string of the molecule is C[C@H](NC(=O)C1CCC(F)(F)CC1)C(=O)O. The van der Waals surface area contributed by atoms with Crippen molar-refractivity contribution in [2.45, 2.75) is 44.6 Å². The van der Waals surface area contributed by atoms with Crippen molar-refractivity contribution >= 4 is 11.9 Å². The van der Waals surface area contributed by atoms with Crippen LogP contribution in [0.2, 0.25) is 0 Å². The van der Waals surface area contributed by atoms with Crippen LogP contribution in [-0.2, 0) is 9.59 Å². The molecule has 92 valence electrons. The highest BCUT2D eigenvalue weighted by atomic mass is 19.3. The lowest BCUT2D eigenvalue weighted by atomic mass is 9.86. The molecule has 4 nitrogen and oxygen atoms in total. The Hall–Kier alpha value is -1.20. The molecule has 0 saturated heterocycles. The molecule has 0 bridgehead atoms. The molecule has 0 unspecified atom stereocenters. The highest BCUT2D eigenvalue weighted by Crippen LogP contribution is 2.36. The summed E-state index contributed by atoms with van der Waals surface area (Å²) < 4.78 is 25.6. The molecule has 0 aromatic rings. The number of aliphatic carboxylic acids is 1. The molecule has 1 fully saturated rings. The molecule has 6 heteroatoms. The van der Waals surface area contributed by atoms with Crippen LogP contribution in [0.1, 0.15) is 32.6 Å². The number of halogens is 2. The van der Waals surface area contributed by atoms with Crippen LogP contribution in [0.3, 0.4) is 0 Å². The van der Waals surface area contributed by atoms with Gasteiger partial charge >= 0.3 is 5.97 Å². The van der Waals surface area contributed by atoms with Crippen molar-refractivity contribution in [3.63, 3.8) is 0 Å². The maximum absolute atomic E-state index is 12.8. The molecule has 1 atom stereocenters. The second-order valence-corrected chi connectivity index (χ2v) is 4.20. The third-order valence-electron chi connectivity index (χ3n) is 2.82. The number of amides is 1. The highest BCUT2D eigenvalue weighted by Gasteiger charge is 2.37. The Labute approximate surface area is 92.0 Å². The van der Waals surface area contributed by atoms with Gasteiger partial charge in [0.25, 0.3) is 0 Å². The Morgan fingerprint density at radius 2 is 1.88 bits per heavy atom. The van der Waals surface area contributed by atoms with E-state index in [1.807, 2.05) is 0 Å². The van der Waals surface area contributed by atoms with E-state index in [0.29, 0.717) is 0 Å². The smallest absolute Gasteiger partial charge is 0.325 e. The third-order valence-corrected chi connectivity index (χ3v) is 2.82. The standard InChI is InChI=1S/C10H15F2NO3/c1-6(9(15)16)13-8(14)7-2-4-10(11,12)5-3-7/h6-7H,2-5H2,1H3,(H,13,14)(H,15,16)/t6-/m0/s1. The minimum absolute atomic E-state index is 0.116. The van der Waals surface area contributed by atoms with Crippen LogP contribution >= 0.6 is 0 Å². The van der Waals surface area contributed by atoms with E-state index in [4.69, 9.17) is 5.11 Å². The molecule has 0 aromatic heterocycles. The number of carbonyl (C=O) groups is 2. The van der Waals surface area contributed by atoms with Crippen LogP contribution in [-0.4, -0.2) is 28.9 Å². The summed E-state index contributed by atoms with van der Waals surface area (Å²) in [7, 11) is 0. The van der Waals surface area contributed by atoms with E-state index in [0.717, 1.165) is 0 Å². The third kappa shape index (κ3) is 3.43. The first-order valence-corrected chi connectivity index (χ1v) is 5.23. The number of alkyl halides is 2. The average Bonchev–Trinajstić information content (AvgIpc) is 2.17. The molecule has 1 amide bonds. The van der Waals surface area contributed by atoms with Crippen LogP contribution in [0, 0.1) is 5.92 Å². The van der Waals surface area contributed by atoms with E-state index in [1.54, 1.807) is 0 Å². The van der Waals surface area contributed by atoms with Crippen LogP contribution in [0.15, 0.2) is 0 Å². The Kier molecular flexibility index (Phi) is 3.83. The van der Waals surface area contributed by atoms with Gasteiger partial charge < -0.3 is 10.4 Å². The minimum atomic E-state index is -2.67. The average molecular weight is 235 g/mol. The number of carbonyl (C=O) groups excluding carboxylic acids is 1. The second kappa shape index (κ2) is 4.76. The number of hydrogen-bond acceptors (Lipinski definition) is 2. The predicted octanol–water partition coefficient (Wildman–Crippen LogP) is 1.40. The zero-order chi connectivity index (χ0) is 12.3. The number of carboxylic acid groups (broad SMARTS) is 1. The van der Waals surface area contributed by atoms with Crippen LogP contribution < -0.4 is 5.32 Å². The van der Waals surface area contributed by atoms with Crippen LogP contribution in [0.25, 0.3) is 0 Å². The molecule has 16 heavy (non-hydrogen) atoms. The molecule has 0 aromatic carbocycles. The molecule has 2 N–H and O–H groups in total. The van der Waals surface area contributed by atoms with Gasteiger partial charge in [0.2, 0.25) is 11.8 Å². The number of carboxylic acids is 1. The van der Waals surface area contributed by atoms with Crippen molar-refractivity contribution in [2.24, 2.45) is 5.92 Å². The summed E-state index contributed by atoms with van der Waals surface area (Å²) in [6.07, 6.45) is -0.366. The van der Waals surface area contributed by atoms with Gasteiger partial charge in [-0.3, -0.25) is 9.59 Å². The van der Waals surface area contributed by atoms with Gasteiger partial charge in [-0.2, -0.15) is 0 Å². The molecule has 1 aliphatic carbocycles. The topological polar surface area (TPSA) is 66.4 Å². The number of rotatable bonds is 3. The van der Waals surface area contributed by atoms with E-state index in [1.165, 1.54) is 6.92 Å². The van der Waals surface area contributed by atoms with Crippen molar-refractivity contribution in [3.8, 4) is 0 Å². The van der Waals surface area contributed by atoms with E-state index >= 15 is 0 Å². The first-order chi connectivity index (χ1) is 7.32. The fraction of sp³-hybridized carbons (Fsp3) is 0.800. The van der Waals surface area contributed by atoms with Gasteiger partial charge in [-0.15, -0.1) is 0 Å². The van der Waals surface area contributed by atoms with Crippen molar-refractivity contribution in [3.05, 3.63) is 0 Å². The molecule has 0 spiro atoms. The largest absolute Gasteiger partial charge is 0.480 e. The predicted molar refractivity (Wildman–Crippen MR) is 52.1 cm³/mol. The molecule has 0 radical (unpaired) electrons. The fourth-order valence-corrected chi connectivity index (χ4v) is 1.70. The first-order valence-electron chi connectivity index (χ1n) is 5.23. The number of hydrogen-bond donors (Lipinski definition) is 2. The highest BCUT2D eigenvalue weighted by molar-refractivity contribution is 5.84. The van der Waals surface area contributed by atoms with Gasteiger partial charge in [-0.25, -0.2) is 8.78 Å². The van der Waals surface area contributed by atoms with Gasteiger partial charge in [0, 0.05) is 18.8 Å². The molecule has 0 aliphatic heterocycles. The maximum atomic E-state index is 12.8. The Balaban J connectivity index is 2.42. The van der Waals surface area contributed by atoms with Gasteiger partial charge in [0.05, 0.1) is 0 Å². The summed E-state index contributed by atoms with van der Waals surface area (Å²) in [5.74, 6) is -4.73. The van der Waals surface area contributed by atoms with Crippen LogP contribution in [0.5, 0.6) is 0 Å². The van der Waals surface area contributed by atoms with E-state index in [9.17, 15) is 18.4 Å². The summed E-state index contributed by atoms with van der Waals surface area (Å²) >= 11 is 0. The summed E-state index contributed by atoms with van der Waals surface area (Å²) in [5, 5.41) is 10.9. The Bertz CT molecular complexity index is 284. The zero-order valence-electron chi connectivity index (χ0n) is 9.00. The molecule has 1 aliphatic rings. The zero-order valence-corrected chi connectivity index (χ0v) is 9.00. The van der Waals surface area contributed by atoms with Gasteiger partial charge in [-0.05, 0) is 19.8 Å². The van der Waals surface area contributed by atoms with Crippen molar-refractivity contribution < 1.29 is 23.5 Å². The van der Waals surface area contributed by atoms with E-state index in [-0.39, 0.29) is 25.7 Å². The summed E-state index contributed by atoms with van der Waals surface area (Å²) in [4.78, 5) is 22.0. The second-order valence-electron chi connectivity index (χ2n) is 4.20. The quantitative estimate of drug-likeness (QED) is 0.777. The monoisotopic (exact) mass is 235 g/mol. The maximum Gasteiger partial charge on any atom is 0.325 e. The molecule has 1 rings (SSSR count). The van der Waals surface area contributed by atoms with Crippen LogP contribution in [0.4, 0.5) is 8.78 Å². The normalized spacial score (nSPS) is 22.4. The Morgan fingerprint density at radius 1 is 1.38 bits per heavy atom. The first kappa shape index (κ1) is 12.9. The summed E-state index contributed by atoms with van der Waals surface area (Å²) in [5.41, 5.74) is 0. The van der Waals surface area contributed by atoms with E-state index in [2.05, 4.69) is 5.32 Å². The minimum Gasteiger partial charge on any atom is -0.480 e. The van der Waals surface area contributed by atoms with Crippen molar-refractivity contribution in [2.75, 3.05) is 0 Å². The summed E-state index contributed by atoms with van der Waals surface area (Å²) in [6.45, 7) is 1.34.